The molecule has 1 N–H and O–H groups in total. The van der Waals surface area contributed by atoms with E-state index in [9.17, 15) is 8.42 Å². The van der Waals surface area contributed by atoms with Crippen LogP contribution in [-0.2, 0) is 23.0 Å². The van der Waals surface area contributed by atoms with E-state index in [1.54, 1.807) is 12.4 Å². The lowest BCUT2D eigenvalue weighted by Crippen LogP contribution is -2.26. The molecule has 0 aliphatic heterocycles. The van der Waals surface area contributed by atoms with Gasteiger partial charge >= 0.3 is 0 Å². The third kappa shape index (κ3) is 5.02. The molecule has 0 atom stereocenters. The Hall–Kier alpha value is -0.760. The number of nitrogens with one attached hydrogen (secondary N) is 1. The fraction of sp³-hybridized carbons (Fsp3) is 0.250. The zero-order valence-electron chi connectivity index (χ0n) is 10.0. The topological polar surface area (TPSA) is 59.1 Å². The predicted molar refractivity (Wildman–Crippen MR) is 80.6 cm³/mol. The zero-order valence-corrected chi connectivity index (χ0v) is 13.3. The van der Waals surface area contributed by atoms with Crippen molar-refractivity contribution in [2.45, 2.75) is 13.0 Å². The minimum Gasteiger partial charge on any atom is -0.265 e. The van der Waals surface area contributed by atoms with Crippen molar-refractivity contribution < 1.29 is 8.42 Å². The van der Waals surface area contributed by atoms with Crippen LogP contribution in [0.4, 0.5) is 0 Å². The van der Waals surface area contributed by atoms with E-state index in [-0.39, 0.29) is 5.75 Å². The van der Waals surface area contributed by atoms with Gasteiger partial charge in [0.2, 0.25) is 10.0 Å². The molecule has 0 aliphatic carbocycles. The standard InChI is InChI=1S/C12H13BrN2O2S2/c13-11-7-12(18-9-11)8-15-19(16,17)6-3-10-1-4-14-5-2-10/h1-2,4-5,7,9,15H,3,6,8H2. The Balaban J connectivity index is 1.85. The number of rotatable bonds is 6. The number of sulfonamides is 1. The summed E-state index contributed by atoms with van der Waals surface area (Å²) < 4.78 is 27.3. The van der Waals surface area contributed by atoms with Gasteiger partial charge in [0, 0.05) is 33.7 Å². The van der Waals surface area contributed by atoms with Crippen LogP contribution >= 0.6 is 27.3 Å². The summed E-state index contributed by atoms with van der Waals surface area (Å²) in [6, 6.07) is 5.56. The van der Waals surface area contributed by atoms with Gasteiger partial charge in [-0.2, -0.15) is 0 Å². The Morgan fingerprint density at radius 2 is 2.05 bits per heavy atom. The van der Waals surface area contributed by atoms with E-state index in [2.05, 4.69) is 25.6 Å². The molecule has 2 heterocycles. The maximum absolute atomic E-state index is 11.9. The third-order valence-electron chi connectivity index (χ3n) is 2.50. The van der Waals surface area contributed by atoms with Crippen molar-refractivity contribution in [1.82, 2.24) is 9.71 Å². The number of nitrogens with zero attached hydrogens (tertiary/aromatic N) is 1. The first kappa shape index (κ1) is 14.6. The smallest absolute Gasteiger partial charge is 0.212 e. The fourth-order valence-electron chi connectivity index (χ4n) is 1.50. The summed E-state index contributed by atoms with van der Waals surface area (Å²) in [5, 5.41) is 1.93. The molecule has 0 aromatic carbocycles. The number of aryl methyl sites for hydroxylation is 1. The first-order valence-electron chi connectivity index (χ1n) is 5.64. The molecule has 2 aromatic heterocycles. The average molecular weight is 361 g/mol. The molecule has 0 radical (unpaired) electrons. The monoisotopic (exact) mass is 360 g/mol. The third-order valence-corrected chi connectivity index (χ3v) is 5.52. The molecule has 0 aliphatic rings. The molecule has 0 bridgehead atoms. The Kier molecular flexibility index (Phi) is 5.09. The van der Waals surface area contributed by atoms with Crippen LogP contribution in [0.2, 0.25) is 0 Å². The summed E-state index contributed by atoms with van der Waals surface area (Å²) >= 11 is 4.86. The quantitative estimate of drug-likeness (QED) is 0.860. The highest BCUT2D eigenvalue weighted by Crippen LogP contribution is 2.19. The molecule has 0 amide bonds. The fourth-order valence-corrected chi connectivity index (χ4v) is 4.01. The van der Waals surface area contributed by atoms with E-state index in [0.717, 1.165) is 14.9 Å². The second-order valence-electron chi connectivity index (χ2n) is 3.98. The number of pyridine rings is 1. The van der Waals surface area contributed by atoms with E-state index < -0.39 is 10.0 Å². The molecule has 2 aromatic rings. The molecule has 4 nitrogen and oxygen atoms in total. The van der Waals surface area contributed by atoms with Gasteiger partial charge in [0.25, 0.3) is 0 Å². The normalized spacial score (nSPS) is 11.6. The summed E-state index contributed by atoms with van der Waals surface area (Å²) in [5.74, 6) is 0.0869. The Morgan fingerprint density at radius 3 is 2.68 bits per heavy atom. The SMILES string of the molecule is O=S(=O)(CCc1ccncc1)NCc1cc(Br)cs1. The van der Waals surface area contributed by atoms with Crippen LogP contribution in [0.5, 0.6) is 0 Å². The first-order chi connectivity index (χ1) is 9.05. The maximum Gasteiger partial charge on any atom is 0.212 e. The van der Waals surface area contributed by atoms with Gasteiger partial charge in [-0.3, -0.25) is 4.98 Å². The molecular formula is C12H13BrN2O2S2. The molecule has 0 unspecified atom stereocenters. The second kappa shape index (κ2) is 6.60. The van der Waals surface area contributed by atoms with Gasteiger partial charge in [-0.25, -0.2) is 13.1 Å². The number of aromatic nitrogens is 1. The first-order valence-corrected chi connectivity index (χ1v) is 8.97. The van der Waals surface area contributed by atoms with Gasteiger partial charge in [0.05, 0.1) is 5.75 Å². The number of hydrogen-bond acceptors (Lipinski definition) is 4. The highest BCUT2D eigenvalue weighted by Gasteiger charge is 2.10. The zero-order chi connectivity index (χ0) is 13.7. The lowest BCUT2D eigenvalue weighted by molar-refractivity contribution is 0.581. The number of hydrogen-bond donors (Lipinski definition) is 1. The molecule has 19 heavy (non-hydrogen) atoms. The molecule has 7 heteroatoms. The summed E-state index contributed by atoms with van der Waals surface area (Å²) in [6.45, 7) is 0.342. The van der Waals surface area contributed by atoms with Gasteiger partial charge in [-0.15, -0.1) is 11.3 Å². The van der Waals surface area contributed by atoms with Crippen molar-refractivity contribution >= 4 is 37.3 Å². The average Bonchev–Trinajstić information content (AvgIpc) is 2.82. The molecule has 2 rings (SSSR count). The van der Waals surface area contributed by atoms with Gasteiger partial charge in [0.15, 0.2) is 0 Å². The van der Waals surface area contributed by atoms with Crippen LogP contribution in [0, 0.1) is 0 Å². The van der Waals surface area contributed by atoms with E-state index in [0.29, 0.717) is 13.0 Å². The van der Waals surface area contributed by atoms with Crippen molar-refractivity contribution in [3.8, 4) is 0 Å². The summed E-state index contributed by atoms with van der Waals surface area (Å²) in [6.07, 6.45) is 3.82. The number of thiophene rings is 1. The van der Waals surface area contributed by atoms with Crippen LogP contribution in [0.1, 0.15) is 10.4 Å². The minimum atomic E-state index is -3.25. The van der Waals surface area contributed by atoms with Gasteiger partial charge in [0.1, 0.15) is 0 Å². The lowest BCUT2D eigenvalue weighted by atomic mass is 10.2. The second-order valence-corrected chi connectivity index (χ2v) is 7.81. The van der Waals surface area contributed by atoms with Gasteiger partial charge in [-0.05, 0) is 46.1 Å². The summed E-state index contributed by atoms with van der Waals surface area (Å²) in [7, 11) is -3.25. The van der Waals surface area contributed by atoms with Crippen LogP contribution in [-0.4, -0.2) is 19.2 Å². The highest BCUT2D eigenvalue weighted by atomic mass is 79.9. The Morgan fingerprint density at radius 1 is 1.32 bits per heavy atom. The van der Waals surface area contributed by atoms with E-state index >= 15 is 0 Å². The maximum atomic E-state index is 11.9. The number of halogens is 1. The molecule has 102 valence electrons. The van der Waals surface area contributed by atoms with Crippen molar-refractivity contribution in [1.29, 1.82) is 0 Å². The summed E-state index contributed by atoms with van der Waals surface area (Å²) in [5.41, 5.74) is 0.972. The van der Waals surface area contributed by atoms with Crippen molar-refractivity contribution in [2.75, 3.05) is 5.75 Å². The van der Waals surface area contributed by atoms with E-state index in [1.807, 2.05) is 23.6 Å². The van der Waals surface area contributed by atoms with Crippen molar-refractivity contribution in [2.24, 2.45) is 0 Å². The molecule has 0 spiro atoms. The highest BCUT2D eigenvalue weighted by molar-refractivity contribution is 9.10. The van der Waals surface area contributed by atoms with E-state index in [4.69, 9.17) is 0 Å². The summed E-state index contributed by atoms with van der Waals surface area (Å²) in [4.78, 5) is 4.89. The van der Waals surface area contributed by atoms with Crippen molar-refractivity contribution in [3.63, 3.8) is 0 Å². The van der Waals surface area contributed by atoms with Crippen LogP contribution in [0.25, 0.3) is 0 Å². The predicted octanol–water partition coefficient (Wildman–Crippen LogP) is 2.57. The molecule has 0 saturated carbocycles. The van der Waals surface area contributed by atoms with E-state index in [1.165, 1.54) is 11.3 Å². The largest absolute Gasteiger partial charge is 0.265 e. The van der Waals surface area contributed by atoms with Crippen LogP contribution < -0.4 is 4.72 Å². The van der Waals surface area contributed by atoms with Crippen LogP contribution in [0.15, 0.2) is 40.4 Å². The van der Waals surface area contributed by atoms with Gasteiger partial charge in [-0.1, -0.05) is 0 Å². The molecular weight excluding hydrogens is 348 g/mol. The van der Waals surface area contributed by atoms with Crippen molar-refractivity contribution in [3.05, 3.63) is 50.9 Å². The Bertz CT molecular complexity index is 626. The molecule has 0 fully saturated rings. The minimum absolute atomic E-state index is 0.0869. The van der Waals surface area contributed by atoms with Gasteiger partial charge < -0.3 is 0 Å². The molecule has 0 saturated heterocycles. The lowest BCUT2D eigenvalue weighted by Gasteiger charge is -2.05. The van der Waals surface area contributed by atoms with Crippen LogP contribution in [0.3, 0.4) is 0 Å². The Labute approximate surface area is 125 Å².